The second-order valence-electron chi connectivity index (χ2n) is 7.34. The number of pyridine rings is 1. The summed E-state index contributed by atoms with van der Waals surface area (Å²) in [6, 6.07) is 13.1. The molecule has 0 saturated carbocycles. The summed E-state index contributed by atoms with van der Waals surface area (Å²) >= 11 is 0. The molecule has 6 heteroatoms. The smallest absolute Gasteiger partial charge is 0.329 e. The number of unbranched alkanes of at least 4 members (excludes halogenated alkanes) is 1. The number of fused-ring (bicyclic) bond motifs is 1. The number of aromatic hydroxyl groups is 1. The number of aromatic nitrogens is 1. The molecule has 0 spiro atoms. The van der Waals surface area contributed by atoms with Gasteiger partial charge in [-0.2, -0.15) is 0 Å². The average molecular weight is 424 g/mol. The zero-order valence-corrected chi connectivity index (χ0v) is 18.3. The fourth-order valence-corrected chi connectivity index (χ4v) is 3.77. The van der Waals surface area contributed by atoms with Crippen molar-refractivity contribution in [2.45, 2.75) is 46.1 Å². The molecule has 2 aromatic carbocycles. The molecule has 164 valence electrons. The molecule has 0 aliphatic rings. The Hall–Kier alpha value is -3.28. The minimum absolute atomic E-state index is 0.155. The maximum atomic E-state index is 13.3. The van der Waals surface area contributed by atoms with E-state index in [2.05, 4.69) is 0 Å². The van der Waals surface area contributed by atoms with Crippen LogP contribution in [0.5, 0.6) is 11.5 Å². The lowest BCUT2D eigenvalue weighted by molar-refractivity contribution is -0.147. The van der Waals surface area contributed by atoms with Gasteiger partial charge in [-0.15, -0.1) is 0 Å². The number of hydrogen-bond donors (Lipinski definition) is 1. The predicted molar refractivity (Wildman–Crippen MR) is 122 cm³/mol. The minimum atomic E-state index is -0.708. The fraction of sp³-hybridized carbons (Fsp3) is 0.360. The molecule has 0 amide bonds. The molecule has 0 radical (unpaired) electrons. The molecular weight excluding hydrogens is 394 g/mol. The van der Waals surface area contributed by atoms with E-state index in [4.69, 9.17) is 9.47 Å². The highest BCUT2D eigenvalue weighted by Crippen LogP contribution is 2.33. The molecule has 0 saturated heterocycles. The molecule has 1 unspecified atom stereocenters. The first-order chi connectivity index (χ1) is 15.0. The molecule has 3 aromatic rings. The SMILES string of the molecule is CCCCC(C(=O)OCC)n1c(=O)cc(-c2ccc(O)cc2)c2ccc(OCC)cc21. The van der Waals surface area contributed by atoms with Crippen LogP contribution in [0.15, 0.2) is 53.3 Å². The van der Waals surface area contributed by atoms with Crippen molar-refractivity contribution >= 4 is 16.9 Å². The molecule has 0 fully saturated rings. The van der Waals surface area contributed by atoms with Gasteiger partial charge in [-0.25, -0.2) is 4.79 Å². The summed E-state index contributed by atoms with van der Waals surface area (Å²) in [6.07, 6.45) is 2.21. The van der Waals surface area contributed by atoms with Crippen LogP contribution in [0, 0.1) is 0 Å². The van der Waals surface area contributed by atoms with Crippen molar-refractivity contribution in [2.75, 3.05) is 13.2 Å². The van der Waals surface area contributed by atoms with E-state index in [0.29, 0.717) is 24.3 Å². The number of benzene rings is 2. The van der Waals surface area contributed by atoms with Gasteiger partial charge in [0, 0.05) is 17.5 Å². The summed E-state index contributed by atoms with van der Waals surface area (Å²) in [5, 5.41) is 10.5. The highest BCUT2D eigenvalue weighted by atomic mass is 16.5. The third kappa shape index (κ3) is 4.90. The monoisotopic (exact) mass is 423 g/mol. The van der Waals surface area contributed by atoms with Gasteiger partial charge in [0.15, 0.2) is 0 Å². The largest absolute Gasteiger partial charge is 0.508 e. The van der Waals surface area contributed by atoms with Crippen LogP contribution in [-0.2, 0) is 9.53 Å². The number of esters is 1. The van der Waals surface area contributed by atoms with Gasteiger partial charge in [-0.3, -0.25) is 9.36 Å². The van der Waals surface area contributed by atoms with Crippen molar-refractivity contribution in [1.29, 1.82) is 0 Å². The second-order valence-corrected chi connectivity index (χ2v) is 7.34. The number of nitrogens with zero attached hydrogens (tertiary/aromatic N) is 1. The van der Waals surface area contributed by atoms with Gasteiger partial charge in [0.25, 0.3) is 5.56 Å². The molecule has 0 aliphatic heterocycles. The van der Waals surface area contributed by atoms with Crippen LogP contribution in [0.1, 0.15) is 46.1 Å². The van der Waals surface area contributed by atoms with Gasteiger partial charge in [-0.1, -0.05) is 31.9 Å². The Morgan fingerprint density at radius 1 is 1.03 bits per heavy atom. The Kier molecular flexibility index (Phi) is 7.34. The normalized spacial score (nSPS) is 12.0. The molecule has 6 nitrogen and oxygen atoms in total. The molecule has 1 aromatic heterocycles. The van der Waals surface area contributed by atoms with E-state index in [9.17, 15) is 14.7 Å². The average Bonchev–Trinajstić information content (AvgIpc) is 2.76. The molecule has 1 heterocycles. The van der Waals surface area contributed by atoms with Crippen LogP contribution in [0.2, 0.25) is 0 Å². The summed E-state index contributed by atoms with van der Waals surface area (Å²) < 4.78 is 12.5. The Labute approximate surface area is 182 Å². The van der Waals surface area contributed by atoms with E-state index >= 15 is 0 Å². The highest BCUT2D eigenvalue weighted by Gasteiger charge is 2.25. The second kappa shape index (κ2) is 10.2. The first-order valence-electron chi connectivity index (χ1n) is 10.8. The van der Waals surface area contributed by atoms with E-state index in [1.54, 1.807) is 37.3 Å². The van der Waals surface area contributed by atoms with Gasteiger partial charge in [0.1, 0.15) is 17.5 Å². The first-order valence-corrected chi connectivity index (χ1v) is 10.8. The van der Waals surface area contributed by atoms with Gasteiger partial charge in [0.2, 0.25) is 0 Å². The Morgan fingerprint density at radius 3 is 2.42 bits per heavy atom. The molecule has 1 atom stereocenters. The van der Waals surface area contributed by atoms with Gasteiger partial charge in [0.05, 0.1) is 18.7 Å². The van der Waals surface area contributed by atoms with Gasteiger partial charge in [-0.05, 0) is 55.7 Å². The maximum Gasteiger partial charge on any atom is 0.329 e. The van der Waals surface area contributed by atoms with Crippen LogP contribution in [-0.4, -0.2) is 28.9 Å². The number of carbonyl (C=O) groups is 1. The third-order valence-corrected chi connectivity index (χ3v) is 5.21. The van der Waals surface area contributed by atoms with Crippen molar-refractivity contribution < 1.29 is 19.4 Å². The Bertz CT molecular complexity index is 1100. The summed E-state index contributed by atoms with van der Waals surface area (Å²) in [5.74, 6) is 0.379. The molecule has 1 N–H and O–H groups in total. The standard InChI is InChI=1S/C25H29NO5/c1-4-7-8-22(25(29)31-6-3)26-23-15-19(30-5-2)13-14-20(23)21(16-24(26)28)17-9-11-18(27)12-10-17/h9-16,22,27H,4-8H2,1-3H3. The summed E-state index contributed by atoms with van der Waals surface area (Å²) in [5.41, 5.74) is 1.88. The number of ether oxygens (including phenoxy) is 2. The number of hydrogen-bond acceptors (Lipinski definition) is 5. The van der Waals surface area contributed by atoms with Crippen molar-refractivity contribution in [3.05, 3.63) is 58.9 Å². The highest BCUT2D eigenvalue weighted by molar-refractivity contribution is 5.96. The quantitative estimate of drug-likeness (QED) is 0.486. The topological polar surface area (TPSA) is 77.8 Å². The molecular formula is C25H29NO5. The number of phenols is 1. The Balaban J connectivity index is 2.29. The van der Waals surface area contributed by atoms with Crippen molar-refractivity contribution in [3.8, 4) is 22.6 Å². The van der Waals surface area contributed by atoms with E-state index in [0.717, 1.165) is 29.4 Å². The molecule has 0 aliphatic carbocycles. The van der Waals surface area contributed by atoms with Gasteiger partial charge < -0.3 is 14.6 Å². The van der Waals surface area contributed by atoms with E-state index in [1.165, 1.54) is 4.57 Å². The molecule has 31 heavy (non-hydrogen) atoms. The van der Waals surface area contributed by atoms with E-state index in [1.807, 2.05) is 32.0 Å². The predicted octanol–water partition coefficient (Wildman–Crippen LogP) is 5.07. The summed E-state index contributed by atoms with van der Waals surface area (Å²) in [6.45, 7) is 6.45. The van der Waals surface area contributed by atoms with Crippen LogP contribution >= 0.6 is 0 Å². The number of rotatable bonds is 9. The van der Waals surface area contributed by atoms with Crippen LogP contribution in [0.3, 0.4) is 0 Å². The van der Waals surface area contributed by atoms with Crippen molar-refractivity contribution in [1.82, 2.24) is 4.57 Å². The lowest BCUT2D eigenvalue weighted by atomic mass is 9.99. The number of carbonyl (C=O) groups excluding carboxylic acids is 1. The third-order valence-electron chi connectivity index (χ3n) is 5.21. The first kappa shape index (κ1) is 22.4. The zero-order valence-electron chi connectivity index (χ0n) is 18.3. The van der Waals surface area contributed by atoms with Gasteiger partial charge >= 0.3 is 5.97 Å². The van der Waals surface area contributed by atoms with Crippen molar-refractivity contribution in [2.24, 2.45) is 0 Å². The van der Waals surface area contributed by atoms with Crippen LogP contribution in [0.25, 0.3) is 22.0 Å². The van der Waals surface area contributed by atoms with E-state index in [-0.39, 0.29) is 17.9 Å². The lowest BCUT2D eigenvalue weighted by Crippen LogP contribution is -2.31. The van der Waals surface area contributed by atoms with Crippen LogP contribution in [0.4, 0.5) is 0 Å². The minimum Gasteiger partial charge on any atom is -0.508 e. The zero-order chi connectivity index (χ0) is 22.4. The molecule has 0 bridgehead atoms. The lowest BCUT2D eigenvalue weighted by Gasteiger charge is -2.22. The van der Waals surface area contributed by atoms with Crippen LogP contribution < -0.4 is 10.3 Å². The summed E-state index contributed by atoms with van der Waals surface area (Å²) in [7, 11) is 0. The Morgan fingerprint density at radius 2 is 1.77 bits per heavy atom. The summed E-state index contributed by atoms with van der Waals surface area (Å²) in [4.78, 5) is 26.1. The van der Waals surface area contributed by atoms with Crippen molar-refractivity contribution in [3.63, 3.8) is 0 Å². The van der Waals surface area contributed by atoms with E-state index < -0.39 is 12.0 Å². The maximum absolute atomic E-state index is 13.3. The number of phenolic OH excluding ortho intramolecular Hbond substituents is 1. The molecule has 3 rings (SSSR count). The fourth-order valence-electron chi connectivity index (χ4n) is 3.77.